The van der Waals surface area contributed by atoms with Gasteiger partial charge in [0.15, 0.2) is 12.0 Å². The standard InChI is InChI=1S/C11H11NO4S/c12-17(14,15)10-4-1-8(2-5-10)11-6-3-9(7-13)16-11/h1-5,7,11H,6H2,(H2,12,14,15). The predicted molar refractivity (Wildman–Crippen MR) is 60.4 cm³/mol. The molecule has 2 N–H and O–H groups in total. The van der Waals surface area contributed by atoms with Crippen LogP contribution in [-0.4, -0.2) is 14.7 Å². The maximum atomic E-state index is 11.1. The molecular weight excluding hydrogens is 242 g/mol. The molecule has 1 heterocycles. The smallest absolute Gasteiger partial charge is 0.238 e. The van der Waals surface area contributed by atoms with E-state index >= 15 is 0 Å². The quantitative estimate of drug-likeness (QED) is 0.810. The predicted octanol–water partition coefficient (Wildman–Crippen LogP) is 0.878. The Bertz CT molecular complexity index is 560. The van der Waals surface area contributed by atoms with Crippen molar-refractivity contribution in [3.05, 3.63) is 41.7 Å². The zero-order chi connectivity index (χ0) is 12.5. The van der Waals surface area contributed by atoms with Gasteiger partial charge < -0.3 is 4.74 Å². The number of hydrogen-bond acceptors (Lipinski definition) is 4. The van der Waals surface area contributed by atoms with E-state index in [-0.39, 0.29) is 11.0 Å². The van der Waals surface area contributed by atoms with Gasteiger partial charge in [0.05, 0.1) is 4.90 Å². The van der Waals surface area contributed by atoms with Crippen molar-refractivity contribution < 1.29 is 17.9 Å². The van der Waals surface area contributed by atoms with Gasteiger partial charge in [0, 0.05) is 6.42 Å². The Balaban J connectivity index is 2.18. The molecule has 1 aromatic rings. The van der Waals surface area contributed by atoms with Crippen LogP contribution in [-0.2, 0) is 19.6 Å². The van der Waals surface area contributed by atoms with Gasteiger partial charge in [-0.25, -0.2) is 13.6 Å². The lowest BCUT2D eigenvalue weighted by atomic mass is 10.1. The zero-order valence-corrected chi connectivity index (χ0v) is 9.68. The maximum absolute atomic E-state index is 11.1. The second kappa shape index (κ2) is 4.31. The van der Waals surface area contributed by atoms with Gasteiger partial charge in [0.2, 0.25) is 10.0 Å². The molecule has 0 saturated heterocycles. The lowest BCUT2D eigenvalue weighted by Gasteiger charge is -2.11. The summed E-state index contributed by atoms with van der Waals surface area (Å²) in [5.41, 5.74) is 0.811. The van der Waals surface area contributed by atoms with Gasteiger partial charge in [-0.2, -0.15) is 0 Å². The molecule has 17 heavy (non-hydrogen) atoms. The summed E-state index contributed by atoms with van der Waals surface area (Å²) >= 11 is 0. The third-order valence-electron chi connectivity index (χ3n) is 2.51. The molecule has 1 unspecified atom stereocenters. The van der Waals surface area contributed by atoms with Crippen LogP contribution in [0.1, 0.15) is 18.1 Å². The number of nitrogens with two attached hydrogens (primary N) is 1. The summed E-state index contributed by atoms with van der Waals surface area (Å²) in [5.74, 6) is 0.311. The molecule has 90 valence electrons. The first-order chi connectivity index (χ1) is 8.00. The summed E-state index contributed by atoms with van der Waals surface area (Å²) in [6.07, 6.45) is 2.72. The highest BCUT2D eigenvalue weighted by atomic mass is 32.2. The Morgan fingerprint density at radius 1 is 1.29 bits per heavy atom. The number of aldehydes is 1. The van der Waals surface area contributed by atoms with Crippen molar-refractivity contribution in [2.45, 2.75) is 17.4 Å². The van der Waals surface area contributed by atoms with Crippen LogP contribution in [0.25, 0.3) is 0 Å². The highest BCUT2D eigenvalue weighted by Gasteiger charge is 2.20. The largest absolute Gasteiger partial charge is 0.482 e. The van der Waals surface area contributed by atoms with Crippen LogP contribution < -0.4 is 5.14 Å². The Labute approximate surface area is 98.9 Å². The summed E-state index contributed by atoms with van der Waals surface area (Å²) < 4.78 is 27.4. The van der Waals surface area contributed by atoms with Crippen LogP contribution in [0.5, 0.6) is 0 Å². The molecular formula is C11H11NO4S. The zero-order valence-electron chi connectivity index (χ0n) is 8.87. The van der Waals surface area contributed by atoms with Crippen LogP contribution >= 0.6 is 0 Å². The molecule has 6 heteroatoms. The fraction of sp³-hybridized carbons (Fsp3) is 0.182. The van der Waals surface area contributed by atoms with Crippen molar-refractivity contribution in [3.63, 3.8) is 0 Å². The molecule has 1 aliphatic heterocycles. The first kappa shape index (κ1) is 11.8. The number of sulfonamides is 1. The molecule has 1 aliphatic rings. The minimum absolute atomic E-state index is 0.0582. The van der Waals surface area contributed by atoms with Crippen molar-refractivity contribution in [3.8, 4) is 0 Å². The number of hydrogen-bond donors (Lipinski definition) is 1. The number of rotatable bonds is 3. The lowest BCUT2D eigenvalue weighted by molar-refractivity contribution is -0.108. The third kappa shape index (κ3) is 2.54. The molecule has 0 fully saturated rings. The molecule has 1 atom stereocenters. The highest BCUT2D eigenvalue weighted by Crippen LogP contribution is 2.30. The monoisotopic (exact) mass is 253 g/mol. The number of carbonyl (C=O) groups is 1. The number of allylic oxidation sites excluding steroid dienone is 1. The van der Waals surface area contributed by atoms with Crippen molar-refractivity contribution >= 4 is 16.3 Å². The molecule has 1 aromatic carbocycles. The Morgan fingerprint density at radius 2 is 1.94 bits per heavy atom. The van der Waals surface area contributed by atoms with E-state index in [2.05, 4.69) is 0 Å². The van der Waals surface area contributed by atoms with E-state index in [1.807, 2.05) is 0 Å². The minimum Gasteiger partial charge on any atom is -0.482 e. The Hall–Kier alpha value is -1.66. The van der Waals surface area contributed by atoms with Crippen molar-refractivity contribution in [2.75, 3.05) is 0 Å². The van der Waals surface area contributed by atoms with Gasteiger partial charge in [0.1, 0.15) is 6.10 Å². The summed E-state index contributed by atoms with van der Waals surface area (Å²) in [6, 6.07) is 6.11. The minimum atomic E-state index is -3.67. The molecule has 0 saturated carbocycles. The van der Waals surface area contributed by atoms with E-state index in [9.17, 15) is 13.2 Å². The molecule has 0 amide bonds. The van der Waals surface area contributed by atoms with Gasteiger partial charge >= 0.3 is 0 Å². The van der Waals surface area contributed by atoms with Gasteiger partial charge in [-0.15, -0.1) is 0 Å². The fourth-order valence-corrected chi connectivity index (χ4v) is 2.15. The number of primary sulfonamides is 1. The van der Waals surface area contributed by atoms with Crippen LogP contribution in [0.2, 0.25) is 0 Å². The maximum Gasteiger partial charge on any atom is 0.238 e. The van der Waals surface area contributed by atoms with Gasteiger partial charge in [-0.3, -0.25) is 4.79 Å². The summed E-state index contributed by atoms with van der Waals surface area (Å²) in [4.78, 5) is 10.5. The Kier molecular flexibility index (Phi) is 2.99. The average Bonchev–Trinajstić information content (AvgIpc) is 2.76. The average molecular weight is 253 g/mol. The van der Waals surface area contributed by atoms with Crippen LogP contribution in [0.4, 0.5) is 0 Å². The SMILES string of the molecule is NS(=O)(=O)c1ccc(C2CC=C(C=O)O2)cc1. The van der Waals surface area contributed by atoms with Crippen molar-refractivity contribution in [2.24, 2.45) is 5.14 Å². The van der Waals surface area contributed by atoms with Gasteiger partial charge in [-0.1, -0.05) is 12.1 Å². The van der Waals surface area contributed by atoms with Crippen molar-refractivity contribution in [1.82, 2.24) is 0 Å². The van der Waals surface area contributed by atoms with E-state index < -0.39 is 10.0 Å². The second-order valence-corrected chi connectivity index (χ2v) is 5.24. The van der Waals surface area contributed by atoms with Crippen LogP contribution in [0.15, 0.2) is 41.0 Å². The summed E-state index contributed by atoms with van der Waals surface area (Å²) in [5, 5.41) is 4.99. The van der Waals surface area contributed by atoms with E-state index in [0.29, 0.717) is 18.5 Å². The summed E-state index contributed by atoms with van der Waals surface area (Å²) in [7, 11) is -3.67. The fourth-order valence-electron chi connectivity index (χ4n) is 1.64. The second-order valence-electron chi connectivity index (χ2n) is 3.68. The van der Waals surface area contributed by atoms with Crippen LogP contribution in [0.3, 0.4) is 0 Å². The first-order valence-corrected chi connectivity index (χ1v) is 6.50. The third-order valence-corrected chi connectivity index (χ3v) is 3.44. The number of benzene rings is 1. The van der Waals surface area contributed by atoms with E-state index in [1.54, 1.807) is 18.2 Å². The summed E-state index contributed by atoms with van der Waals surface area (Å²) in [6.45, 7) is 0. The van der Waals surface area contributed by atoms with Crippen molar-refractivity contribution in [1.29, 1.82) is 0 Å². The molecule has 0 spiro atoms. The van der Waals surface area contributed by atoms with E-state index in [4.69, 9.17) is 9.88 Å². The number of carbonyl (C=O) groups excluding carboxylic acids is 1. The van der Waals surface area contributed by atoms with E-state index in [1.165, 1.54) is 12.1 Å². The molecule has 2 rings (SSSR count). The molecule has 5 nitrogen and oxygen atoms in total. The highest BCUT2D eigenvalue weighted by molar-refractivity contribution is 7.89. The topological polar surface area (TPSA) is 86.5 Å². The Morgan fingerprint density at radius 3 is 2.41 bits per heavy atom. The molecule has 0 bridgehead atoms. The molecule has 0 aromatic heterocycles. The van der Waals surface area contributed by atoms with Crippen LogP contribution in [0, 0.1) is 0 Å². The first-order valence-electron chi connectivity index (χ1n) is 4.95. The van der Waals surface area contributed by atoms with Gasteiger partial charge in [-0.05, 0) is 23.8 Å². The van der Waals surface area contributed by atoms with E-state index in [0.717, 1.165) is 5.56 Å². The normalized spacial score (nSPS) is 19.6. The molecule has 0 radical (unpaired) electrons. The molecule has 0 aliphatic carbocycles. The number of ether oxygens (including phenoxy) is 1. The lowest BCUT2D eigenvalue weighted by Crippen LogP contribution is -2.12. The van der Waals surface area contributed by atoms with Gasteiger partial charge in [0.25, 0.3) is 0 Å².